The van der Waals surface area contributed by atoms with Crippen LogP contribution in [0, 0.1) is 10.1 Å². The molecule has 2 aromatic rings. The van der Waals surface area contributed by atoms with Crippen molar-refractivity contribution in [2.45, 2.75) is 18.9 Å². The number of amides is 1. The molecule has 0 saturated carbocycles. The molecular weight excluding hydrogens is 372 g/mol. The highest BCUT2D eigenvalue weighted by molar-refractivity contribution is 7.12. The summed E-state index contributed by atoms with van der Waals surface area (Å²) < 4.78 is 5.09. The fraction of sp³-hybridized carbons (Fsp3) is 0.278. The fourth-order valence-corrected chi connectivity index (χ4v) is 3.58. The Labute approximate surface area is 158 Å². The first kappa shape index (κ1) is 18.7. The lowest BCUT2D eigenvalue weighted by molar-refractivity contribution is -0.384. The van der Waals surface area contributed by atoms with Crippen LogP contribution in [-0.2, 0) is 9.53 Å². The maximum Gasteiger partial charge on any atom is 0.329 e. The summed E-state index contributed by atoms with van der Waals surface area (Å²) in [6.45, 7) is -0.0765. The van der Waals surface area contributed by atoms with Crippen LogP contribution in [0.15, 0.2) is 41.8 Å². The van der Waals surface area contributed by atoms with E-state index in [2.05, 4.69) is 0 Å². The number of nitrogens with zero attached hydrogens (tertiary/aromatic N) is 2. The molecule has 1 aromatic carbocycles. The molecule has 1 aliphatic rings. The summed E-state index contributed by atoms with van der Waals surface area (Å²) >= 11 is 1.30. The van der Waals surface area contributed by atoms with Gasteiger partial charge in [-0.05, 0) is 24.3 Å². The maximum atomic E-state index is 12.5. The van der Waals surface area contributed by atoms with Gasteiger partial charge in [0.25, 0.3) is 11.6 Å². The first-order valence-electron chi connectivity index (χ1n) is 8.26. The number of esters is 1. The van der Waals surface area contributed by atoms with Crippen LogP contribution in [0.3, 0.4) is 0 Å². The molecular formula is C18H16N2O6S. The number of benzene rings is 1. The lowest BCUT2D eigenvalue weighted by Gasteiger charge is -2.22. The van der Waals surface area contributed by atoms with Crippen molar-refractivity contribution in [1.82, 2.24) is 4.90 Å². The number of hydrogen-bond acceptors (Lipinski definition) is 7. The minimum absolute atomic E-state index is 0.0925. The van der Waals surface area contributed by atoms with E-state index in [1.807, 2.05) is 0 Å². The van der Waals surface area contributed by atoms with Crippen LogP contribution in [-0.4, -0.2) is 46.7 Å². The monoisotopic (exact) mass is 388 g/mol. The van der Waals surface area contributed by atoms with Gasteiger partial charge in [-0.1, -0.05) is 18.2 Å². The molecule has 27 heavy (non-hydrogen) atoms. The van der Waals surface area contributed by atoms with Crippen molar-refractivity contribution < 1.29 is 24.0 Å². The molecule has 0 unspecified atom stereocenters. The van der Waals surface area contributed by atoms with Crippen molar-refractivity contribution >= 4 is 34.7 Å². The Morgan fingerprint density at radius 3 is 2.78 bits per heavy atom. The number of carbonyl (C=O) groups is 3. The molecule has 0 N–H and O–H groups in total. The third-order valence-electron chi connectivity index (χ3n) is 4.24. The Bertz CT molecular complexity index is 880. The zero-order valence-corrected chi connectivity index (χ0v) is 15.0. The van der Waals surface area contributed by atoms with E-state index in [0.717, 1.165) is 6.07 Å². The Morgan fingerprint density at radius 2 is 2.07 bits per heavy atom. The van der Waals surface area contributed by atoms with Crippen molar-refractivity contribution in [2.24, 2.45) is 0 Å². The lowest BCUT2D eigenvalue weighted by atomic mass is 10.1. The summed E-state index contributed by atoms with van der Waals surface area (Å²) in [5.41, 5.74) is -0.120. The molecule has 0 radical (unpaired) electrons. The molecule has 0 bridgehead atoms. The van der Waals surface area contributed by atoms with Crippen LogP contribution in [0.25, 0.3) is 0 Å². The molecule has 1 atom stereocenters. The number of Topliss-reactive ketones (excluding diaryl/α,β-unsaturated/α-hetero) is 1. The number of ketones is 1. The van der Waals surface area contributed by atoms with Crippen LogP contribution < -0.4 is 0 Å². The van der Waals surface area contributed by atoms with Crippen LogP contribution >= 0.6 is 11.3 Å². The smallest absolute Gasteiger partial charge is 0.329 e. The summed E-state index contributed by atoms with van der Waals surface area (Å²) in [6, 6.07) is 7.96. The molecule has 1 aromatic heterocycles. The fourth-order valence-electron chi connectivity index (χ4n) is 2.91. The zero-order valence-electron chi connectivity index (χ0n) is 14.2. The van der Waals surface area contributed by atoms with E-state index in [9.17, 15) is 24.5 Å². The molecule has 9 heteroatoms. The summed E-state index contributed by atoms with van der Waals surface area (Å²) in [7, 11) is 0. The first-order chi connectivity index (χ1) is 13.0. The number of hydrogen-bond donors (Lipinski definition) is 0. The van der Waals surface area contributed by atoms with Gasteiger partial charge >= 0.3 is 5.97 Å². The van der Waals surface area contributed by atoms with Crippen LogP contribution in [0.1, 0.15) is 32.9 Å². The Kier molecular flexibility index (Phi) is 5.60. The summed E-state index contributed by atoms with van der Waals surface area (Å²) in [6.07, 6.45) is 1.15. The third kappa shape index (κ3) is 4.20. The number of ether oxygens (including phenoxy) is 1. The number of carbonyl (C=O) groups excluding carboxylic acids is 3. The maximum absolute atomic E-state index is 12.5. The number of likely N-dealkylation sites (tertiary alicyclic amines) is 1. The van der Waals surface area contributed by atoms with Crippen molar-refractivity contribution in [1.29, 1.82) is 0 Å². The van der Waals surface area contributed by atoms with Gasteiger partial charge in [-0.25, -0.2) is 4.79 Å². The molecule has 3 rings (SSSR count). The molecule has 1 amide bonds. The summed E-state index contributed by atoms with van der Waals surface area (Å²) in [4.78, 5) is 49.2. The summed E-state index contributed by atoms with van der Waals surface area (Å²) in [5, 5.41) is 12.6. The quantitative estimate of drug-likeness (QED) is 0.326. The minimum atomic E-state index is -0.725. The molecule has 2 heterocycles. The summed E-state index contributed by atoms with van der Waals surface area (Å²) in [5.74, 6) is -1.41. The minimum Gasteiger partial charge on any atom is -0.456 e. The van der Waals surface area contributed by atoms with E-state index in [1.165, 1.54) is 34.4 Å². The highest BCUT2D eigenvalue weighted by Gasteiger charge is 2.36. The van der Waals surface area contributed by atoms with E-state index < -0.39 is 29.3 Å². The number of nitro benzene ring substituents is 1. The molecule has 0 aliphatic carbocycles. The van der Waals surface area contributed by atoms with E-state index >= 15 is 0 Å². The predicted molar refractivity (Wildman–Crippen MR) is 96.8 cm³/mol. The van der Waals surface area contributed by atoms with Gasteiger partial charge in [0.05, 0.1) is 9.80 Å². The van der Waals surface area contributed by atoms with Gasteiger partial charge in [0.2, 0.25) is 5.78 Å². The normalized spacial score (nSPS) is 16.1. The molecule has 8 nitrogen and oxygen atoms in total. The molecule has 1 saturated heterocycles. The molecule has 1 fully saturated rings. The van der Waals surface area contributed by atoms with Crippen molar-refractivity contribution in [3.8, 4) is 0 Å². The van der Waals surface area contributed by atoms with Gasteiger partial charge in [-0.3, -0.25) is 19.7 Å². The van der Waals surface area contributed by atoms with E-state index in [1.54, 1.807) is 17.5 Å². The largest absolute Gasteiger partial charge is 0.456 e. The van der Waals surface area contributed by atoms with Crippen LogP contribution in [0.4, 0.5) is 5.69 Å². The molecule has 140 valence electrons. The topological polar surface area (TPSA) is 107 Å². The number of non-ortho nitro benzene ring substituents is 1. The lowest BCUT2D eigenvalue weighted by Crippen LogP contribution is -2.41. The van der Waals surface area contributed by atoms with Crippen molar-refractivity contribution in [3.63, 3.8) is 0 Å². The Hall–Kier alpha value is -3.07. The van der Waals surface area contributed by atoms with Crippen molar-refractivity contribution in [3.05, 3.63) is 62.3 Å². The van der Waals surface area contributed by atoms with Crippen LogP contribution in [0.2, 0.25) is 0 Å². The number of rotatable bonds is 6. The number of thiophene rings is 1. The second-order valence-corrected chi connectivity index (χ2v) is 6.92. The Morgan fingerprint density at radius 1 is 1.26 bits per heavy atom. The Balaban J connectivity index is 1.61. The number of nitro groups is 1. The average Bonchev–Trinajstić information content (AvgIpc) is 3.37. The van der Waals surface area contributed by atoms with Crippen LogP contribution in [0.5, 0.6) is 0 Å². The predicted octanol–water partition coefficient (Wildman–Crippen LogP) is 2.69. The van der Waals surface area contributed by atoms with Gasteiger partial charge in [0.15, 0.2) is 6.61 Å². The van der Waals surface area contributed by atoms with Gasteiger partial charge in [-0.2, -0.15) is 0 Å². The van der Waals surface area contributed by atoms with Gasteiger partial charge in [0, 0.05) is 24.2 Å². The highest BCUT2D eigenvalue weighted by Crippen LogP contribution is 2.23. The second kappa shape index (κ2) is 8.09. The molecule has 1 aliphatic heterocycles. The van der Waals surface area contributed by atoms with Gasteiger partial charge in [-0.15, -0.1) is 11.3 Å². The first-order valence-corrected chi connectivity index (χ1v) is 9.14. The van der Waals surface area contributed by atoms with Crippen molar-refractivity contribution in [2.75, 3.05) is 13.2 Å². The van der Waals surface area contributed by atoms with Gasteiger partial charge in [0.1, 0.15) is 6.04 Å². The SMILES string of the molecule is O=C(COC(=O)[C@H]1CCCN1C(=O)c1cccs1)c1cccc([N+](=O)[O-])c1. The zero-order chi connectivity index (χ0) is 19.4. The van der Waals surface area contributed by atoms with E-state index in [0.29, 0.717) is 24.3 Å². The second-order valence-electron chi connectivity index (χ2n) is 5.97. The highest BCUT2D eigenvalue weighted by atomic mass is 32.1. The average molecular weight is 388 g/mol. The van der Waals surface area contributed by atoms with Gasteiger partial charge < -0.3 is 9.64 Å². The third-order valence-corrected chi connectivity index (χ3v) is 5.10. The standard InChI is InChI=1S/C18H16N2O6S/c21-15(12-4-1-5-13(10-12)20(24)25)11-26-18(23)14-6-2-8-19(14)17(22)16-7-3-9-27-16/h1,3-5,7,9-10,14H,2,6,8,11H2/t14-/m1/s1. The van der Waals surface area contributed by atoms with E-state index in [4.69, 9.17) is 4.74 Å². The molecule has 0 spiro atoms. The van der Waals surface area contributed by atoms with E-state index in [-0.39, 0.29) is 17.2 Å².